The molecule has 0 fully saturated rings. The number of benzene rings is 2. The second-order valence-corrected chi connectivity index (χ2v) is 5.44. The van der Waals surface area contributed by atoms with Crippen LogP contribution in [0.5, 0.6) is 0 Å². The van der Waals surface area contributed by atoms with Crippen molar-refractivity contribution in [1.82, 2.24) is 0 Å². The summed E-state index contributed by atoms with van der Waals surface area (Å²) < 4.78 is 26.7. The van der Waals surface area contributed by atoms with Gasteiger partial charge in [0.1, 0.15) is 11.6 Å². The molecule has 0 saturated heterocycles. The summed E-state index contributed by atoms with van der Waals surface area (Å²) in [5, 5.41) is 11.0. The van der Waals surface area contributed by atoms with Gasteiger partial charge in [-0.3, -0.25) is 0 Å². The third-order valence-electron chi connectivity index (χ3n) is 3.24. The molecule has 0 aromatic heterocycles. The molecule has 0 aliphatic carbocycles. The van der Waals surface area contributed by atoms with Crippen molar-refractivity contribution < 1.29 is 13.9 Å². The van der Waals surface area contributed by atoms with E-state index in [0.717, 1.165) is 18.2 Å². The van der Waals surface area contributed by atoms with Crippen molar-refractivity contribution in [3.63, 3.8) is 0 Å². The third-order valence-corrected chi connectivity index (χ3v) is 3.90. The van der Waals surface area contributed by atoms with Crippen LogP contribution in [-0.2, 0) is 0 Å². The number of aliphatic hydroxyl groups is 1. The zero-order chi connectivity index (χ0) is 15.6. The van der Waals surface area contributed by atoms with Crippen LogP contribution in [0.15, 0.2) is 36.4 Å². The van der Waals surface area contributed by atoms with Crippen molar-refractivity contribution in [3.05, 3.63) is 69.2 Å². The zero-order valence-corrected chi connectivity index (χ0v) is 12.4. The number of hydrogen-bond acceptors (Lipinski definition) is 2. The van der Waals surface area contributed by atoms with Gasteiger partial charge in [-0.05, 0) is 29.8 Å². The van der Waals surface area contributed by atoms with Gasteiger partial charge in [-0.1, -0.05) is 29.3 Å². The van der Waals surface area contributed by atoms with Crippen LogP contribution in [0, 0.1) is 11.6 Å². The van der Waals surface area contributed by atoms with Crippen LogP contribution in [0.25, 0.3) is 0 Å². The molecule has 2 unspecified atom stereocenters. The summed E-state index contributed by atoms with van der Waals surface area (Å²) in [7, 11) is 0. The van der Waals surface area contributed by atoms with Crippen LogP contribution in [-0.4, -0.2) is 11.7 Å². The SMILES string of the molecule is NCC(c1cc(F)cc(F)c1)C(O)c1c(Cl)cccc1Cl. The summed E-state index contributed by atoms with van der Waals surface area (Å²) >= 11 is 12.1. The lowest BCUT2D eigenvalue weighted by atomic mass is 9.89. The van der Waals surface area contributed by atoms with Gasteiger partial charge >= 0.3 is 0 Å². The van der Waals surface area contributed by atoms with E-state index in [-0.39, 0.29) is 22.2 Å². The molecule has 0 aliphatic rings. The Morgan fingerprint density at radius 1 is 1.05 bits per heavy atom. The smallest absolute Gasteiger partial charge is 0.126 e. The van der Waals surface area contributed by atoms with Crippen LogP contribution in [0.4, 0.5) is 8.78 Å². The highest BCUT2D eigenvalue weighted by molar-refractivity contribution is 6.36. The van der Waals surface area contributed by atoms with E-state index in [1.807, 2.05) is 0 Å². The van der Waals surface area contributed by atoms with Crippen molar-refractivity contribution in [3.8, 4) is 0 Å². The van der Waals surface area contributed by atoms with Crippen molar-refractivity contribution in [2.45, 2.75) is 12.0 Å². The third kappa shape index (κ3) is 3.52. The Bertz CT molecular complexity index is 611. The normalized spacial score (nSPS) is 14.0. The van der Waals surface area contributed by atoms with Gasteiger partial charge in [-0.25, -0.2) is 8.78 Å². The van der Waals surface area contributed by atoms with Crippen molar-refractivity contribution in [2.75, 3.05) is 6.54 Å². The molecule has 0 spiro atoms. The molecule has 0 bridgehead atoms. The number of aliphatic hydroxyl groups excluding tert-OH is 1. The van der Waals surface area contributed by atoms with Gasteiger partial charge in [-0.2, -0.15) is 0 Å². The highest BCUT2D eigenvalue weighted by atomic mass is 35.5. The van der Waals surface area contributed by atoms with Crippen LogP contribution < -0.4 is 5.73 Å². The van der Waals surface area contributed by atoms with E-state index < -0.39 is 23.7 Å². The molecular formula is C15H13Cl2F2NO. The Morgan fingerprint density at radius 3 is 2.05 bits per heavy atom. The molecule has 3 N–H and O–H groups in total. The summed E-state index contributed by atoms with van der Waals surface area (Å²) in [5.41, 5.74) is 6.19. The molecule has 2 nitrogen and oxygen atoms in total. The van der Waals surface area contributed by atoms with Gasteiger partial charge < -0.3 is 10.8 Å². The maximum Gasteiger partial charge on any atom is 0.126 e. The van der Waals surface area contributed by atoms with E-state index >= 15 is 0 Å². The summed E-state index contributed by atoms with van der Waals surface area (Å²) in [5.74, 6) is -2.20. The lowest BCUT2D eigenvalue weighted by molar-refractivity contribution is 0.147. The minimum atomic E-state index is -1.17. The summed E-state index contributed by atoms with van der Waals surface area (Å²) in [4.78, 5) is 0. The zero-order valence-electron chi connectivity index (χ0n) is 10.9. The molecular weight excluding hydrogens is 319 g/mol. The largest absolute Gasteiger partial charge is 0.388 e. The van der Waals surface area contributed by atoms with Crippen LogP contribution in [0.2, 0.25) is 10.0 Å². The quantitative estimate of drug-likeness (QED) is 0.887. The lowest BCUT2D eigenvalue weighted by Crippen LogP contribution is -2.21. The average molecular weight is 332 g/mol. The first-order chi connectivity index (χ1) is 9.93. The number of halogens is 4. The standard InChI is InChI=1S/C15H13Cl2F2NO/c16-12-2-1-3-13(17)14(12)15(21)11(7-20)8-4-9(18)6-10(19)5-8/h1-6,11,15,21H,7,20H2. The molecule has 2 aromatic carbocycles. The Kier molecular flexibility index (Phi) is 5.17. The molecule has 0 amide bonds. The Hall–Kier alpha value is -1.20. The molecule has 0 heterocycles. The van der Waals surface area contributed by atoms with Crippen LogP contribution in [0.3, 0.4) is 0 Å². The molecule has 21 heavy (non-hydrogen) atoms. The predicted octanol–water partition coefficient (Wildman–Crippen LogP) is 4.05. The molecule has 0 saturated carbocycles. The summed E-state index contributed by atoms with van der Waals surface area (Å²) in [6.07, 6.45) is -1.17. The monoisotopic (exact) mass is 331 g/mol. The molecule has 0 aliphatic heterocycles. The van der Waals surface area contributed by atoms with Crippen molar-refractivity contribution in [2.24, 2.45) is 5.73 Å². The van der Waals surface area contributed by atoms with Crippen molar-refractivity contribution >= 4 is 23.2 Å². The molecule has 2 aromatic rings. The fourth-order valence-electron chi connectivity index (χ4n) is 2.23. The molecule has 2 atom stereocenters. The average Bonchev–Trinajstić information content (AvgIpc) is 2.38. The minimum Gasteiger partial charge on any atom is -0.388 e. The molecule has 112 valence electrons. The second kappa shape index (κ2) is 6.71. The van der Waals surface area contributed by atoms with Crippen molar-refractivity contribution in [1.29, 1.82) is 0 Å². The Morgan fingerprint density at radius 2 is 1.57 bits per heavy atom. The lowest BCUT2D eigenvalue weighted by Gasteiger charge is -2.24. The molecule has 0 radical (unpaired) electrons. The highest BCUT2D eigenvalue weighted by Crippen LogP contribution is 2.38. The van der Waals surface area contributed by atoms with Gasteiger partial charge in [0, 0.05) is 34.1 Å². The summed E-state index contributed by atoms with van der Waals surface area (Å²) in [6, 6.07) is 7.81. The maximum atomic E-state index is 13.3. The number of rotatable bonds is 4. The van der Waals surface area contributed by atoms with E-state index in [0.29, 0.717) is 5.56 Å². The van der Waals surface area contributed by atoms with E-state index in [1.165, 1.54) is 0 Å². The maximum absolute atomic E-state index is 13.3. The fourth-order valence-corrected chi connectivity index (χ4v) is 2.85. The van der Waals surface area contributed by atoms with E-state index in [1.54, 1.807) is 18.2 Å². The Labute approximate surface area is 131 Å². The van der Waals surface area contributed by atoms with Crippen LogP contribution >= 0.6 is 23.2 Å². The topological polar surface area (TPSA) is 46.2 Å². The minimum absolute atomic E-state index is 0.0222. The van der Waals surface area contributed by atoms with E-state index in [9.17, 15) is 13.9 Å². The first-order valence-electron chi connectivity index (χ1n) is 6.22. The van der Waals surface area contributed by atoms with Gasteiger partial charge in [0.2, 0.25) is 0 Å². The van der Waals surface area contributed by atoms with E-state index in [2.05, 4.69) is 0 Å². The first kappa shape index (κ1) is 16.2. The summed E-state index contributed by atoms with van der Waals surface area (Å²) in [6.45, 7) is -0.0222. The molecule has 6 heteroatoms. The van der Waals surface area contributed by atoms with Gasteiger partial charge in [0.25, 0.3) is 0 Å². The first-order valence-corrected chi connectivity index (χ1v) is 6.97. The van der Waals surface area contributed by atoms with Crippen LogP contribution in [0.1, 0.15) is 23.1 Å². The number of nitrogens with two attached hydrogens (primary N) is 1. The molecule has 2 rings (SSSR count). The second-order valence-electron chi connectivity index (χ2n) is 4.63. The van der Waals surface area contributed by atoms with Gasteiger partial charge in [0.05, 0.1) is 6.10 Å². The Balaban J connectivity index is 2.45. The number of hydrogen-bond donors (Lipinski definition) is 2. The van der Waals surface area contributed by atoms with Gasteiger partial charge in [0.15, 0.2) is 0 Å². The van der Waals surface area contributed by atoms with Gasteiger partial charge in [-0.15, -0.1) is 0 Å². The fraction of sp³-hybridized carbons (Fsp3) is 0.200. The predicted molar refractivity (Wildman–Crippen MR) is 79.6 cm³/mol. The van der Waals surface area contributed by atoms with E-state index in [4.69, 9.17) is 28.9 Å². The highest BCUT2D eigenvalue weighted by Gasteiger charge is 2.26.